The van der Waals surface area contributed by atoms with Crippen LogP contribution in [-0.2, 0) is 4.43 Å². The molecule has 0 heterocycles. The van der Waals surface area contributed by atoms with E-state index in [-0.39, 0.29) is 5.60 Å². The van der Waals surface area contributed by atoms with Gasteiger partial charge >= 0.3 is 179 Å². The SMILES string of the molecule is CCCCC(C)(C/C=[CH]/[Sn]([CH2]CCC)([CH2]CCC)[CH2]CCC)O[Si](C)(C)C. The summed E-state index contributed by atoms with van der Waals surface area (Å²) in [5, 5.41) is 0. The first-order valence-corrected chi connectivity index (χ1v) is 23.1. The summed E-state index contributed by atoms with van der Waals surface area (Å²) in [5.41, 5.74) is 0.0505. The zero-order valence-electron chi connectivity index (χ0n) is 20.3. The molecule has 0 aliphatic heterocycles. The molecule has 3 heteroatoms. The van der Waals surface area contributed by atoms with E-state index < -0.39 is 26.7 Å². The predicted octanol–water partition coefficient (Wildman–Crippen LogP) is 9.12. The first kappa shape index (κ1) is 27.7. The summed E-state index contributed by atoms with van der Waals surface area (Å²) in [5.74, 6) is 0. The van der Waals surface area contributed by atoms with Gasteiger partial charge in [0.15, 0.2) is 0 Å². The van der Waals surface area contributed by atoms with Gasteiger partial charge in [0.1, 0.15) is 0 Å². The fraction of sp³-hybridized carbons (Fsp3) is 0.917. The van der Waals surface area contributed by atoms with Crippen LogP contribution in [0, 0.1) is 0 Å². The van der Waals surface area contributed by atoms with E-state index in [1.807, 2.05) is 0 Å². The summed E-state index contributed by atoms with van der Waals surface area (Å²) in [6.07, 6.45) is 15.9. The molecule has 0 aromatic heterocycles. The fourth-order valence-electron chi connectivity index (χ4n) is 4.25. The van der Waals surface area contributed by atoms with Crippen molar-refractivity contribution >= 4 is 26.7 Å². The Morgan fingerprint density at radius 3 is 1.59 bits per heavy atom. The third kappa shape index (κ3) is 13.5. The van der Waals surface area contributed by atoms with Gasteiger partial charge in [-0.2, -0.15) is 0 Å². The second-order valence-electron chi connectivity index (χ2n) is 10.0. The van der Waals surface area contributed by atoms with Gasteiger partial charge in [0.2, 0.25) is 0 Å². The maximum atomic E-state index is 6.70. The topological polar surface area (TPSA) is 9.23 Å². The summed E-state index contributed by atoms with van der Waals surface area (Å²) in [6.45, 7) is 18.8. The molecular weight excluding hydrogens is 451 g/mol. The first-order valence-electron chi connectivity index (χ1n) is 12.0. The van der Waals surface area contributed by atoms with Crippen LogP contribution in [0.3, 0.4) is 0 Å². The molecule has 0 rings (SSSR count). The molecule has 0 bridgehead atoms. The standard InChI is InChI=1S/C12H25OSi.3C4H9.Sn/c1-7-9-11-12(3,10-8-2)13-14(4,5)6;3*1-3-4-2;/h2,8H,7,9-11H2,1,3-6H3;3*1,3-4H2,2H3;. The predicted molar refractivity (Wildman–Crippen MR) is 131 cm³/mol. The summed E-state index contributed by atoms with van der Waals surface area (Å²) >= 11 is -2.14. The van der Waals surface area contributed by atoms with Gasteiger partial charge in [0, 0.05) is 0 Å². The monoisotopic (exact) mass is 504 g/mol. The van der Waals surface area contributed by atoms with E-state index in [9.17, 15) is 0 Å². The first-order chi connectivity index (χ1) is 12.7. The minimum absolute atomic E-state index is 0.0505. The maximum absolute atomic E-state index is 6.70. The van der Waals surface area contributed by atoms with Gasteiger partial charge in [0.25, 0.3) is 0 Å². The Morgan fingerprint density at radius 2 is 1.22 bits per heavy atom. The van der Waals surface area contributed by atoms with Crippen molar-refractivity contribution in [2.24, 2.45) is 0 Å². The molecule has 0 spiro atoms. The molecule has 0 amide bonds. The van der Waals surface area contributed by atoms with Crippen molar-refractivity contribution in [2.45, 2.75) is 137 Å². The normalized spacial score (nSPS) is 15.4. The molecule has 0 N–H and O–H groups in total. The van der Waals surface area contributed by atoms with Crippen LogP contribution < -0.4 is 0 Å². The Balaban J connectivity index is 5.32. The van der Waals surface area contributed by atoms with Gasteiger partial charge in [-0.05, 0) is 0 Å². The second kappa shape index (κ2) is 14.7. The molecule has 1 atom stereocenters. The summed E-state index contributed by atoms with van der Waals surface area (Å²) < 4.78 is 14.3. The molecule has 0 aromatic carbocycles. The van der Waals surface area contributed by atoms with Gasteiger partial charge in [0.05, 0.1) is 0 Å². The Labute approximate surface area is 178 Å². The molecule has 0 saturated heterocycles. The fourth-order valence-corrected chi connectivity index (χ4v) is 20.3. The van der Waals surface area contributed by atoms with E-state index in [1.165, 1.54) is 57.8 Å². The number of rotatable bonds is 17. The average molecular weight is 503 g/mol. The van der Waals surface area contributed by atoms with Crippen LogP contribution in [0.1, 0.15) is 98.8 Å². The van der Waals surface area contributed by atoms with Gasteiger partial charge in [-0.25, -0.2) is 0 Å². The summed E-state index contributed by atoms with van der Waals surface area (Å²) in [6, 6.07) is 0. The third-order valence-corrected chi connectivity index (χ3v) is 21.1. The zero-order valence-corrected chi connectivity index (χ0v) is 24.1. The molecule has 0 aromatic rings. The minimum atomic E-state index is -2.14. The van der Waals surface area contributed by atoms with Crippen molar-refractivity contribution < 1.29 is 4.43 Å². The van der Waals surface area contributed by atoms with Crippen LogP contribution in [0.25, 0.3) is 0 Å². The van der Waals surface area contributed by atoms with Gasteiger partial charge < -0.3 is 0 Å². The van der Waals surface area contributed by atoms with Crippen molar-refractivity contribution in [1.82, 2.24) is 0 Å². The quantitative estimate of drug-likeness (QED) is 0.180. The second-order valence-corrected chi connectivity index (χ2v) is 27.5. The molecular formula is C24H52OSiSn. The Kier molecular flexibility index (Phi) is 15.0. The molecule has 1 nitrogen and oxygen atoms in total. The van der Waals surface area contributed by atoms with E-state index in [2.05, 4.69) is 64.4 Å². The van der Waals surface area contributed by atoms with Crippen LogP contribution in [-0.4, -0.2) is 32.3 Å². The number of hydrogen-bond donors (Lipinski definition) is 0. The molecule has 0 aliphatic rings. The Bertz CT molecular complexity index is 367. The Morgan fingerprint density at radius 1 is 0.778 bits per heavy atom. The van der Waals surface area contributed by atoms with Crippen LogP contribution in [0.5, 0.6) is 0 Å². The molecule has 0 saturated carbocycles. The molecule has 27 heavy (non-hydrogen) atoms. The van der Waals surface area contributed by atoms with Crippen molar-refractivity contribution in [2.75, 3.05) is 0 Å². The van der Waals surface area contributed by atoms with Crippen LogP contribution in [0.2, 0.25) is 33.0 Å². The number of hydrogen-bond acceptors (Lipinski definition) is 1. The van der Waals surface area contributed by atoms with E-state index >= 15 is 0 Å². The van der Waals surface area contributed by atoms with Gasteiger partial charge in [-0.1, -0.05) is 0 Å². The van der Waals surface area contributed by atoms with Crippen molar-refractivity contribution in [3.8, 4) is 0 Å². The van der Waals surface area contributed by atoms with Crippen molar-refractivity contribution in [1.29, 1.82) is 0 Å². The van der Waals surface area contributed by atoms with Gasteiger partial charge in [-0.3, -0.25) is 0 Å². The molecule has 1 unspecified atom stereocenters. The number of unbranched alkanes of at least 4 members (excludes halogenated alkanes) is 4. The third-order valence-electron chi connectivity index (χ3n) is 5.72. The van der Waals surface area contributed by atoms with Crippen molar-refractivity contribution in [3.05, 3.63) is 10.2 Å². The van der Waals surface area contributed by atoms with E-state index in [0.29, 0.717) is 0 Å². The van der Waals surface area contributed by atoms with Crippen LogP contribution >= 0.6 is 0 Å². The molecule has 0 fully saturated rings. The average Bonchev–Trinajstić information content (AvgIpc) is 2.59. The molecule has 0 aliphatic carbocycles. The van der Waals surface area contributed by atoms with Crippen molar-refractivity contribution in [3.63, 3.8) is 0 Å². The summed E-state index contributed by atoms with van der Waals surface area (Å²) in [7, 11) is -1.52. The van der Waals surface area contributed by atoms with E-state index in [4.69, 9.17) is 4.43 Å². The molecule has 162 valence electrons. The van der Waals surface area contributed by atoms with Crippen LogP contribution in [0.15, 0.2) is 10.2 Å². The molecule has 0 radical (unpaired) electrons. The Hall–Kier alpha value is 0.716. The van der Waals surface area contributed by atoms with Crippen LogP contribution in [0.4, 0.5) is 0 Å². The van der Waals surface area contributed by atoms with Gasteiger partial charge in [-0.15, -0.1) is 0 Å². The zero-order chi connectivity index (χ0) is 20.8. The van der Waals surface area contributed by atoms with E-state index in [1.54, 1.807) is 13.3 Å². The summed E-state index contributed by atoms with van der Waals surface area (Å²) in [4.78, 5) is 0. The van der Waals surface area contributed by atoms with E-state index in [0.717, 1.165) is 6.42 Å².